The van der Waals surface area contributed by atoms with E-state index in [-0.39, 0.29) is 17.0 Å². The molecule has 3 nitrogen and oxygen atoms in total. The molecule has 1 aliphatic heterocycles. The lowest BCUT2D eigenvalue weighted by Gasteiger charge is -2.37. The Balaban J connectivity index is 1.93. The third-order valence-electron chi connectivity index (χ3n) is 6.75. The third-order valence-corrected chi connectivity index (χ3v) is 11.3. The minimum Gasteiger partial charge on any atom is -0.417 e. The summed E-state index contributed by atoms with van der Waals surface area (Å²) < 4.78 is 6.48. The van der Waals surface area contributed by atoms with Gasteiger partial charge in [-0.1, -0.05) is 69.3 Å². The van der Waals surface area contributed by atoms with Crippen LogP contribution in [-0.2, 0) is 14.6 Å². The molecule has 0 aromatic heterocycles. The van der Waals surface area contributed by atoms with Crippen LogP contribution < -0.4 is 4.90 Å². The van der Waals surface area contributed by atoms with Crippen molar-refractivity contribution in [1.82, 2.24) is 0 Å². The van der Waals surface area contributed by atoms with Gasteiger partial charge in [0.2, 0.25) is 5.91 Å². The van der Waals surface area contributed by atoms with Gasteiger partial charge in [-0.15, -0.1) is 0 Å². The van der Waals surface area contributed by atoms with Gasteiger partial charge in [0.1, 0.15) is 0 Å². The fourth-order valence-corrected chi connectivity index (χ4v) is 4.87. The van der Waals surface area contributed by atoms with Crippen LogP contribution in [0.1, 0.15) is 58.2 Å². The Kier molecular flexibility index (Phi) is 5.81. The zero-order valence-corrected chi connectivity index (χ0v) is 20.0. The van der Waals surface area contributed by atoms with Crippen LogP contribution in [0.25, 0.3) is 0 Å². The lowest BCUT2D eigenvalue weighted by molar-refractivity contribution is -0.122. The van der Waals surface area contributed by atoms with Gasteiger partial charge >= 0.3 is 0 Å². The van der Waals surface area contributed by atoms with Crippen molar-refractivity contribution in [2.24, 2.45) is 0 Å². The van der Waals surface area contributed by atoms with E-state index in [1.807, 2.05) is 36.9 Å². The van der Waals surface area contributed by atoms with Gasteiger partial charge in [-0.2, -0.15) is 0 Å². The molecule has 0 N–H and O–H groups in total. The monoisotopic (exact) mass is 409 g/mol. The molecule has 0 spiro atoms. The first-order valence-electron chi connectivity index (χ1n) is 10.6. The topological polar surface area (TPSA) is 29.5 Å². The molecule has 0 fully saturated rings. The van der Waals surface area contributed by atoms with E-state index in [4.69, 9.17) is 4.43 Å². The summed E-state index contributed by atoms with van der Waals surface area (Å²) in [7, 11) is -1.83. The van der Waals surface area contributed by atoms with E-state index >= 15 is 0 Å². The van der Waals surface area contributed by atoms with Crippen LogP contribution in [0.3, 0.4) is 0 Å². The molecule has 29 heavy (non-hydrogen) atoms. The fraction of sp³-hybridized carbons (Fsp3) is 0.480. The number of fused-ring (bicyclic) bond motifs is 1. The molecule has 156 valence electrons. The predicted octanol–water partition coefficient (Wildman–Crippen LogP) is 6.46. The highest BCUT2D eigenvalue weighted by molar-refractivity contribution is 6.74. The zero-order valence-electron chi connectivity index (χ0n) is 19.0. The number of benzene rings is 2. The molecule has 3 rings (SSSR count). The molecule has 0 saturated heterocycles. The summed E-state index contributed by atoms with van der Waals surface area (Å²) in [5.74, 6) is 0.167. The smallest absolute Gasteiger partial charge is 0.237 e. The number of amides is 1. The van der Waals surface area contributed by atoms with Gasteiger partial charge in [-0.05, 0) is 55.6 Å². The van der Waals surface area contributed by atoms with Crippen LogP contribution >= 0.6 is 0 Å². The molecule has 2 aromatic carbocycles. The molecule has 1 amide bonds. The second kappa shape index (κ2) is 7.73. The van der Waals surface area contributed by atoms with Gasteiger partial charge in [-0.3, -0.25) is 4.79 Å². The molecule has 1 unspecified atom stereocenters. The van der Waals surface area contributed by atoms with Gasteiger partial charge in [0.25, 0.3) is 0 Å². The van der Waals surface area contributed by atoms with Crippen LogP contribution in [0.15, 0.2) is 54.6 Å². The van der Waals surface area contributed by atoms with Gasteiger partial charge in [0.15, 0.2) is 8.32 Å². The van der Waals surface area contributed by atoms with Crippen molar-refractivity contribution in [3.05, 3.63) is 65.7 Å². The highest BCUT2D eigenvalue weighted by atomic mass is 28.4. The van der Waals surface area contributed by atoms with E-state index in [1.165, 1.54) is 0 Å². The van der Waals surface area contributed by atoms with Gasteiger partial charge in [0.05, 0.1) is 11.5 Å². The summed E-state index contributed by atoms with van der Waals surface area (Å²) in [4.78, 5) is 15.5. The maximum atomic E-state index is 13.5. The molecule has 0 saturated carbocycles. The number of rotatable bonds is 6. The Morgan fingerprint density at radius 3 is 2.21 bits per heavy atom. The second-order valence-electron chi connectivity index (χ2n) is 10.1. The molecular formula is C25H35NO2Si. The summed E-state index contributed by atoms with van der Waals surface area (Å²) in [6, 6.07) is 18.5. The van der Waals surface area contributed by atoms with Gasteiger partial charge in [-0.25, -0.2) is 0 Å². The highest BCUT2D eigenvalue weighted by Gasteiger charge is 2.46. The maximum absolute atomic E-state index is 13.5. The van der Waals surface area contributed by atoms with Crippen LogP contribution in [0.2, 0.25) is 18.1 Å². The van der Waals surface area contributed by atoms with E-state index in [0.29, 0.717) is 6.61 Å². The van der Waals surface area contributed by atoms with E-state index in [2.05, 4.69) is 70.3 Å². The summed E-state index contributed by atoms with van der Waals surface area (Å²) in [5.41, 5.74) is 2.79. The Hall–Kier alpha value is -1.91. The van der Waals surface area contributed by atoms with Crippen molar-refractivity contribution in [3.8, 4) is 0 Å². The highest BCUT2D eigenvalue weighted by Crippen LogP contribution is 2.46. The maximum Gasteiger partial charge on any atom is 0.237 e. The van der Waals surface area contributed by atoms with E-state index in [9.17, 15) is 4.79 Å². The normalized spacial score (nSPS) is 17.3. The average molecular weight is 410 g/mol. The Bertz CT molecular complexity index is 868. The number of carbonyl (C=O) groups excluding carboxylic acids is 1. The van der Waals surface area contributed by atoms with Crippen LogP contribution in [-0.4, -0.2) is 20.8 Å². The molecule has 1 atom stereocenters. The lowest BCUT2D eigenvalue weighted by atomic mass is 9.86. The van der Waals surface area contributed by atoms with Crippen LogP contribution in [0, 0.1) is 0 Å². The molecule has 0 radical (unpaired) electrons. The molecule has 1 aliphatic rings. The molecular weight excluding hydrogens is 374 g/mol. The van der Waals surface area contributed by atoms with Crippen LogP contribution in [0.4, 0.5) is 5.69 Å². The minimum atomic E-state index is -1.83. The Morgan fingerprint density at radius 1 is 1.00 bits per heavy atom. The van der Waals surface area contributed by atoms with E-state index < -0.39 is 13.7 Å². The summed E-state index contributed by atoms with van der Waals surface area (Å²) in [5, 5.41) is 0.174. The number of anilines is 1. The zero-order chi connectivity index (χ0) is 21.4. The number of nitrogens with zero attached hydrogens (tertiary/aromatic N) is 1. The van der Waals surface area contributed by atoms with Gasteiger partial charge in [0, 0.05) is 12.3 Å². The summed E-state index contributed by atoms with van der Waals surface area (Å²) in [6.07, 6.45) is 0.784. The molecule has 1 heterocycles. The van der Waals surface area contributed by atoms with Crippen molar-refractivity contribution < 1.29 is 9.22 Å². The van der Waals surface area contributed by atoms with Crippen molar-refractivity contribution >= 4 is 19.9 Å². The van der Waals surface area contributed by atoms with Crippen molar-refractivity contribution in [1.29, 1.82) is 0 Å². The quantitative estimate of drug-likeness (QED) is 0.512. The first kappa shape index (κ1) is 21.8. The summed E-state index contributed by atoms with van der Waals surface area (Å²) >= 11 is 0. The van der Waals surface area contributed by atoms with E-state index in [0.717, 1.165) is 23.2 Å². The lowest BCUT2D eigenvalue weighted by Crippen LogP contribution is -2.42. The molecule has 0 bridgehead atoms. The van der Waals surface area contributed by atoms with E-state index in [1.54, 1.807) is 0 Å². The van der Waals surface area contributed by atoms with Crippen LogP contribution in [0.5, 0.6) is 0 Å². The predicted molar refractivity (Wildman–Crippen MR) is 124 cm³/mol. The second-order valence-corrected chi connectivity index (χ2v) is 15.0. The fourth-order valence-electron chi connectivity index (χ4n) is 3.81. The third kappa shape index (κ3) is 4.06. The van der Waals surface area contributed by atoms with Crippen molar-refractivity contribution in [2.45, 2.75) is 70.6 Å². The Labute approximate surface area is 177 Å². The number of hydrogen-bond acceptors (Lipinski definition) is 2. The van der Waals surface area contributed by atoms with Crippen molar-refractivity contribution in [3.63, 3.8) is 0 Å². The number of carbonyl (C=O) groups is 1. The standard InChI is InChI=1S/C25H35NO2Si/c1-24(2,3)29(6,7)28-18-17-21(19-13-9-8-10-14-19)26-22-16-12-11-15-20(22)25(4,5)23(26)27/h8-16,21H,17-18H2,1-7H3. The Morgan fingerprint density at radius 2 is 1.59 bits per heavy atom. The molecule has 0 aliphatic carbocycles. The average Bonchev–Trinajstić information content (AvgIpc) is 2.86. The minimum absolute atomic E-state index is 0.0311. The van der Waals surface area contributed by atoms with Crippen molar-refractivity contribution in [2.75, 3.05) is 11.5 Å². The largest absolute Gasteiger partial charge is 0.417 e. The number of hydrogen-bond donors (Lipinski definition) is 0. The molecule has 4 heteroatoms. The first-order chi connectivity index (χ1) is 13.5. The summed E-state index contributed by atoms with van der Waals surface area (Å²) in [6.45, 7) is 16.1. The van der Waals surface area contributed by atoms with Gasteiger partial charge < -0.3 is 9.33 Å². The molecule has 2 aromatic rings. The first-order valence-corrected chi connectivity index (χ1v) is 13.5. The SMILES string of the molecule is CC1(C)C(=O)N(C(CCO[Si](C)(C)C(C)(C)C)c2ccccc2)c2ccccc21. The number of para-hydroxylation sites is 1.